The molecule has 0 bridgehead atoms. The monoisotopic (exact) mass is 419 g/mol. The summed E-state index contributed by atoms with van der Waals surface area (Å²) in [6.07, 6.45) is -4.66. The van der Waals surface area contributed by atoms with Crippen LogP contribution in [0.15, 0.2) is 46.9 Å². The molecular weight excluding hydrogens is 414 g/mol. The van der Waals surface area contributed by atoms with E-state index >= 15 is 0 Å². The van der Waals surface area contributed by atoms with Crippen molar-refractivity contribution in [3.63, 3.8) is 0 Å². The van der Waals surface area contributed by atoms with Crippen molar-refractivity contribution in [2.24, 2.45) is 0 Å². The minimum Gasteiger partial charge on any atom is -0.455 e. The Labute approximate surface area is 147 Å². The largest absolute Gasteiger partial charge is 0.455 e. The van der Waals surface area contributed by atoms with Gasteiger partial charge in [0.15, 0.2) is 0 Å². The molecule has 0 aliphatic carbocycles. The Hall–Kier alpha value is -1.86. The summed E-state index contributed by atoms with van der Waals surface area (Å²) in [6, 6.07) is 8.74. The normalized spacial score (nSPS) is 11.8. The van der Waals surface area contributed by atoms with Crippen molar-refractivity contribution in [2.75, 3.05) is 0 Å². The number of alkyl halides is 3. The van der Waals surface area contributed by atoms with Gasteiger partial charge in [-0.15, -0.1) is 0 Å². The first-order chi connectivity index (χ1) is 11.2. The van der Waals surface area contributed by atoms with E-state index in [0.29, 0.717) is 9.86 Å². The van der Waals surface area contributed by atoms with E-state index in [9.17, 15) is 17.6 Å². The number of rotatable bonds is 2. The number of aromatic nitrogens is 1. The lowest BCUT2D eigenvalue weighted by Crippen LogP contribution is -2.08. The van der Waals surface area contributed by atoms with Gasteiger partial charge in [0.1, 0.15) is 23.0 Å². The predicted molar refractivity (Wildman–Crippen MR) is 85.9 cm³/mol. The average Bonchev–Trinajstić information content (AvgIpc) is 2.49. The van der Waals surface area contributed by atoms with Crippen molar-refractivity contribution < 1.29 is 22.3 Å². The SMILES string of the molecule is Fc1ccc(Br)c(Oc2cc(C(F)(F)F)nc3cc(Cl)ccc23)c1. The number of fused-ring (bicyclic) bond motifs is 1. The molecule has 24 heavy (non-hydrogen) atoms. The van der Waals surface area contributed by atoms with Crippen LogP contribution in [0.25, 0.3) is 10.9 Å². The molecule has 0 saturated carbocycles. The Kier molecular flexibility index (Phi) is 4.40. The Morgan fingerprint density at radius 1 is 1.00 bits per heavy atom. The summed E-state index contributed by atoms with van der Waals surface area (Å²) >= 11 is 9.00. The Balaban J connectivity index is 2.20. The van der Waals surface area contributed by atoms with Crippen LogP contribution >= 0.6 is 27.5 Å². The van der Waals surface area contributed by atoms with E-state index in [2.05, 4.69) is 20.9 Å². The molecule has 2 aromatic carbocycles. The second-order valence-electron chi connectivity index (χ2n) is 4.84. The summed E-state index contributed by atoms with van der Waals surface area (Å²) in [5.74, 6) is -0.633. The first kappa shape index (κ1) is 17.0. The van der Waals surface area contributed by atoms with Gasteiger partial charge in [0.25, 0.3) is 0 Å². The second kappa shape index (κ2) is 6.22. The molecular formula is C16H7BrClF4NO. The highest BCUT2D eigenvalue weighted by atomic mass is 79.9. The maximum absolute atomic E-state index is 13.4. The molecule has 3 rings (SSSR count). The van der Waals surface area contributed by atoms with Crippen LogP contribution < -0.4 is 4.74 Å². The number of ether oxygens (including phenoxy) is 1. The molecule has 0 fully saturated rings. The zero-order valence-electron chi connectivity index (χ0n) is 11.7. The van der Waals surface area contributed by atoms with Crippen LogP contribution in [-0.4, -0.2) is 4.98 Å². The molecule has 2 nitrogen and oxygen atoms in total. The molecule has 0 saturated heterocycles. The molecule has 8 heteroatoms. The van der Waals surface area contributed by atoms with Gasteiger partial charge in [0.05, 0.1) is 9.99 Å². The van der Waals surface area contributed by atoms with E-state index < -0.39 is 17.7 Å². The summed E-state index contributed by atoms with van der Waals surface area (Å²) in [4.78, 5) is 3.57. The first-order valence-electron chi connectivity index (χ1n) is 6.54. The van der Waals surface area contributed by atoms with Crippen molar-refractivity contribution in [1.82, 2.24) is 4.98 Å². The van der Waals surface area contributed by atoms with E-state index in [4.69, 9.17) is 16.3 Å². The van der Waals surface area contributed by atoms with Crippen LogP contribution in [0.2, 0.25) is 5.02 Å². The fourth-order valence-electron chi connectivity index (χ4n) is 2.07. The van der Waals surface area contributed by atoms with Crippen LogP contribution in [0.3, 0.4) is 0 Å². The van der Waals surface area contributed by atoms with Crippen molar-refractivity contribution in [1.29, 1.82) is 0 Å². The lowest BCUT2D eigenvalue weighted by atomic mass is 10.1. The van der Waals surface area contributed by atoms with Gasteiger partial charge >= 0.3 is 6.18 Å². The van der Waals surface area contributed by atoms with Gasteiger partial charge in [-0.1, -0.05) is 11.6 Å². The number of halogens is 6. The molecule has 124 valence electrons. The molecule has 1 heterocycles. The van der Waals surface area contributed by atoms with Gasteiger partial charge < -0.3 is 4.74 Å². The first-order valence-corrected chi connectivity index (χ1v) is 7.71. The Morgan fingerprint density at radius 3 is 2.46 bits per heavy atom. The zero-order valence-corrected chi connectivity index (χ0v) is 14.0. The molecule has 3 aromatic rings. The third-order valence-electron chi connectivity index (χ3n) is 3.14. The fourth-order valence-corrected chi connectivity index (χ4v) is 2.57. The molecule has 0 aliphatic rings. The van der Waals surface area contributed by atoms with Crippen LogP contribution in [0, 0.1) is 5.82 Å². The highest BCUT2D eigenvalue weighted by molar-refractivity contribution is 9.10. The van der Waals surface area contributed by atoms with Crippen LogP contribution in [0.4, 0.5) is 17.6 Å². The summed E-state index contributed by atoms with van der Waals surface area (Å²) in [6.45, 7) is 0. The number of benzene rings is 2. The predicted octanol–water partition coefficient (Wildman–Crippen LogP) is 6.60. The Bertz CT molecular complexity index is 930. The molecule has 0 atom stereocenters. The maximum atomic E-state index is 13.4. The van der Waals surface area contributed by atoms with Crippen molar-refractivity contribution in [3.05, 3.63) is 63.5 Å². The minimum absolute atomic E-state index is 0.0276. The molecule has 0 spiro atoms. The van der Waals surface area contributed by atoms with E-state index in [1.165, 1.54) is 30.3 Å². The number of hydrogen-bond acceptors (Lipinski definition) is 2. The van der Waals surface area contributed by atoms with E-state index in [1.807, 2.05) is 0 Å². The smallest absolute Gasteiger partial charge is 0.433 e. The Morgan fingerprint density at radius 2 is 1.75 bits per heavy atom. The number of pyridine rings is 1. The van der Waals surface area contributed by atoms with Gasteiger partial charge in [0.2, 0.25) is 0 Å². The summed E-state index contributed by atoms with van der Waals surface area (Å²) in [5.41, 5.74) is -1.10. The van der Waals surface area contributed by atoms with E-state index in [-0.39, 0.29) is 22.0 Å². The highest BCUT2D eigenvalue weighted by Gasteiger charge is 2.33. The average molecular weight is 421 g/mol. The minimum atomic E-state index is -4.66. The van der Waals surface area contributed by atoms with Crippen LogP contribution in [-0.2, 0) is 6.18 Å². The van der Waals surface area contributed by atoms with Gasteiger partial charge in [-0.05, 0) is 46.3 Å². The second-order valence-corrected chi connectivity index (χ2v) is 6.13. The lowest BCUT2D eigenvalue weighted by Gasteiger charge is -2.14. The van der Waals surface area contributed by atoms with Crippen molar-refractivity contribution in [2.45, 2.75) is 6.18 Å². The third kappa shape index (κ3) is 3.47. The highest BCUT2D eigenvalue weighted by Crippen LogP contribution is 2.38. The molecule has 0 amide bonds. The summed E-state index contributed by atoms with van der Waals surface area (Å²) in [7, 11) is 0. The quantitative estimate of drug-likeness (QED) is 0.436. The number of hydrogen-bond donors (Lipinski definition) is 0. The van der Waals surface area contributed by atoms with E-state index in [1.54, 1.807) is 0 Å². The molecule has 1 aromatic heterocycles. The standard InChI is InChI=1S/C16H7BrClF4NO/c17-11-4-2-9(19)6-14(11)24-13-7-15(16(20,21)22)23-12-5-8(18)1-3-10(12)13/h1-7H. The summed E-state index contributed by atoms with van der Waals surface area (Å²) in [5, 5.41) is 0.566. The van der Waals surface area contributed by atoms with Crippen molar-refractivity contribution >= 4 is 38.4 Å². The third-order valence-corrected chi connectivity index (χ3v) is 4.03. The van der Waals surface area contributed by atoms with Gasteiger partial charge in [-0.3, -0.25) is 0 Å². The fraction of sp³-hybridized carbons (Fsp3) is 0.0625. The topological polar surface area (TPSA) is 22.1 Å². The van der Waals surface area contributed by atoms with Gasteiger partial charge in [-0.2, -0.15) is 13.2 Å². The van der Waals surface area contributed by atoms with E-state index in [0.717, 1.165) is 12.1 Å². The number of nitrogens with zero attached hydrogens (tertiary/aromatic N) is 1. The summed E-state index contributed by atoms with van der Waals surface area (Å²) < 4.78 is 58.5. The molecule has 0 unspecified atom stereocenters. The van der Waals surface area contributed by atoms with Crippen LogP contribution in [0.5, 0.6) is 11.5 Å². The molecule has 0 N–H and O–H groups in total. The maximum Gasteiger partial charge on any atom is 0.433 e. The van der Waals surface area contributed by atoms with Crippen molar-refractivity contribution in [3.8, 4) is 11.5 Å². The lowest BCUT2D eigenvalue weighted by molar-refractivity contribution is -0.141. The molecule has 0 aliphatic heterocycles. The van der Waals surface area contributed by atoms with Gasteiger partial charge in [-0.25, -0.2) is 9.37 Å². The van der Waals surface area contributed by atoms with Crippen LogP contribution in [0.1, 0.15) is 5.69 Å². The van der Waals surface area contributed by atoms with Gasteiger partial charge in [0, 0.05) is 22.5 Å². The molecule has 0 radical (unpaired) electrons. The zero-order chi connectivity index (χ0) is 17.5.